The van der Waals surface area contributed by atoms with Crippen molar-refractivity contribution < 1.29 is 16.8 Å². The van der Waals surface area contributed by atoms with Gasteiger partial charge in [-0.25, -0.2) is 16.8 Å². The maximum absolute atomic E-state index is 12.7. The third-order valence-electron chi connectivity index (χ3n) is 4.89. The average Bonchev–Trinajstić information content (AvgIpc) is 2.63. The van der Waals surface area contributed by atoms with Crippen LogP contribution in [0.15, 0.2) is 65.7 Å². The summed E-state index contributed by atoms with van der Waals surface area (Å²) in [4.78, 5) is 4.57. The Morgan fingerprint density at radius 2 is 1.64 bits per heavy atom. The zero-order chi connectivity index (χ0) is 19.9. The molecular weight excluding hydrogens is 396 g/mol. The van der Waals surface area contributed by atoms with Crippen LogP contribution in [0.3, 0.4) is 0 Å². The summed E-state index contributed by atoms with van der Waals surface area (Å²) in [6, 6.07) is 16.6. The molecule has 1 aliphatic heterocycles. The van der Waals surface area contributed by atoms with E-state index in [2.05, 4.69) is 4.98 Å². The maximum Gasteiger partial charge on any atom is 0.243 e. The molecule has 0 atom stereocenters. The molecule has 0 spiro atoms. The lowest BCUT2D eigenvalue weighted by atomic mass is 10.0. The summed E-state index contributed by atoms with van der Waals surface area (Å²) >= 11 is 0. The smallest absolute Gasteiger partial charge is 0.243 e. The summed E-state index contributed by atoms with van der Waals surface area (Å²) in [6.07, 6.45) is 2.91. The van der Waals surface area contributed by atoms with E-state index >= 15 is 0 Å². The summed E-state index contributed by atoms with van der Waals surface area (Å²) < 4.78 is 49.4. The molecule has 146 valence electrons. The molecule has 0 radical (unpaired) electrons. The number of pyridine rings is 1. The lowest BCUT2D eigenvalue weighted by Gasteiger charge is -2.37. The second-order valence-corrected chi connectivity index (χ2v) is 11.3. The van der Waals surface area contributed by atoms with Gasteiger partial charge in [-0.05, 0) is 35.4 Å². The van der Waals surface area contributed by atoms with Crippen molar-refractivity contribution in [3.8, 4) is 11.1 Å². The molecular formula is C20H20N2O4S2. The van der Waals surface area contributed by atoms with Gasteiger partial charge in [-0.1, -0.05) is 30.3 Å². The topological polar surface area (TPSA) is 84.4 Å². The molecule has 4 rings (SSSR count). The van der Waals surface area contributed by atoms with Crippen molar-refractivity contribution in [2.75, 3.05) is 25.1 Å². The largest absolute Gasteiger partial charge is 0.256 e. The summed E-state index contributed by atoms with van der Waals surface area (Å²) in [6.45, 7) is 0.487. The van der Waals surface area contributed by atoms with Gasteiger partial charge in [-0.2, -0.15) is 4.31 Å². The van der Waals surface area contributed by atoms with Crippen LogP contribution in [-0.4, -0.2) is 51.2 Å². The van der Waals surface area contributed by atoms with Crippen LogP contribution in [0.2, 0.25) is 0 Å². The molecule has 3 aromatic rings. The molecule has 0 saturated carbocycles. The van der Waals surface area contributed by atoms with Crippen LogP contribution in [0.4, 0.5) is 0 Å². The zero-order valence-corrected chi connectivity index (χ0v) is 16.9. The highest BCUT2D eigenvalue weighted by molar-refractivity contribution is 7.90. The van der Waals surface area contributed by atoms with Crippen LogP contribution in [0.5, 0.6) is 0 Å². The Labute approximate surface area is 164 Å². The Morgan fingerprint density at radius 3 is 2.32 bits per heavy atom. The lowest BCUT2D eigenvalue weighted by Crippen LogP contribution is -2.52. The molecule has 2 heterocycles. The second kappa shape index (κ2) is 6.95. The van der Waals surface area contributed by atoms with E-state index in [0.717, 1.165) is 22.0 Å². The van der Waals surface area contributed by atoms with Crippen molar-refractivity contribution in [1.82, 2.24) is 9.29 Å². The van der Waals surface area contributed by atoms with Gasteiger partial charge in [0.2, 0.25) is 10.0 Å². The van der Waals surface area contributed by atoms with Gasteiger partial charge in [-0.15, -0.1) is 0 Å². The third kappa shape index (κ3) is 3.80. The van der Waals surface area contributed by atoms with Gasteiger partial charge >= 0.3 is 0 Å². The quantitative estimate of drug-likeness (QED) is 0.638. The van der Waals surface area contributed by atoms with Crippen molar-refractivity contribution in [1.29, 1.82) is 0 Å². The van der Waals surface area contributed by atoms with Crippen LogP contribution in [0, 0.1) is 5.92 Å². The first-order chi connectivity index (χ1) is 13.2. The Kier molecular flexibility index (Phi) is 4.73. The van der Waals surface area contributed by atoms with Crippen molar-refractivity contribution in [3.63, 3.8) is 0 Å². The average molecular weight is 417 g/mol. The van der Waals surface area contributed by atoms with Crippen molar-refractivity contribution >= 4 is 30.8 Å². The van der Waals surface area contributed by atoms with E-state index in [0.29, 0.717) is 0 Å². The van der Waals surface area contributed by atoms with Crippen molar-refractivity contribution in [2.45, 2.75) is 4.90 Å². The molecule has 0 unspecified atom stereocenters. The first kappa shape index (κ1) is 19.0. The van der Waals surface area contributed by atoms with Crippen molar-refractivity contribution in [2.24, 2.45) is 5.92 Å². The molecule has 1 aliphatic rings. The number of sulfone groups is 1. The van der Waals surface area contributed by atoms with E-state index < -0.39 is 19.9 Å². The van der Waals surface area contributed by atoms with Crippen LogP contribution >= 0.6 is 0 Å². The minimum atomic E-state index is -3.60. The number of hydrogen-bond donors (Lipinski definition) is 0. The fourth-order valence-corrected chi connectivity index (χ4v) is 6.13. The minimum Gasteiger partial charge on any atom is -0.256 e. The fraction of sp³-hybridized carbons (Fsp3) is 0.250. The first-order valence-corrected chi connectivity index (χ1v) is 12.4. The van der Waals surface area contributed by atoms with Gasteiger partial charge in [0.15, 0.2) is 0 Å². The number of rotatable bonds is 5. The number of benzene rings is 2. The van der Waals surface area contributed by atoms with Gasteiger partial charge in [0.05, 0.1) is 16.2 Å². The number of hydrogen-bond acceptors (Lipinski definition) is 5. The minimum absolute atomic E-state index is 0.0218. The summed E-state index contributed by atoms with van der Waals surface area (Å²) in [7, 11) is -6.69. The predicted molar refractivity (Wildman–Crippen MR) is 109 cm³/mol. The lowest BCUT2D eigenvalue weighted by molar-refractivity contribution is 0.220. The standard InChI is InChI=1S/C20H20N2O4S2/c1-27(23,24)14-15-12-22(13-15)28(25,26)19-8-6-16(7-9-19)18-5-4-17-3-2-10-21-20(17)11-18/h2-11,15H,12-14H2,1H3. The molecule has 8 heteroatoms. The summed E-state index contributed by atoms with van der Waals surface area (Å²) in [5.41, 5.74) is 2.76. The predicted octanol–water partition coefficient (Wildman–Crippen LogP) is 2.57. The van der Waals surface area contributed by atoms with Crippen LogP contribution < -0.4 is 0 Å². The van der Waals surface area contributed by atoms with E-state index in [-0.39, 0.29) is 29.7 Å². The maximum atomic E-state index is 12.7. The van der Waals surface area contributed by atoms with Crippen LogP contribution in [-0.2, 0) is 19.9 Å². The Hall–Kier alpha value is -2.29. The van der Waals surface area contributed by atoms with Gasteiger partial charge in [-0.3, -0.25) is 4.98 Å². The Balaban J connectivity index is 1.52. The molecule has 0 bridgehead atoms. The molecule has 28 heavy (non-hydrogen) atoms. The third-order valence-corrected chi connectivity index (χ3v) is 7.82. The van der Waals surface area contributed by atoms with E-state index in [1.807, 2.05) is 30.3 Å². The summed E-state index contributed by atoms with van der Waals surface area (Å²) in [5.74, 6) is -0.109. The van der Waals surface area contributed by atoms with Gasteiger partial charge in [0.1, 0.15) is 9.84 Å². The Bertz CT molecular complexity index is 1230. The highest BCUT2D eigenvalue weighted by Gasteiger charge is 2.38. The molecule has 1 saturated heterocycles. The normalized spacial score (nSPS) is 16.2. The highest BCUT2D eigenvalue weighted by atomic mass is 32.2. The molecule has 1 fully saturated rings. The molecule has 2 aromatic carbocycles. The van der Waals surface area contributed by atoms with Gasteiger partial charge < -0.3 is 0 Å². The SMILES string of the molecule is CS(=O)(=O)CC1CN(S(=O)(=O)c2ccc(-c3ccc4cccnc4c3)cc2)C1. The van der Waals surface area contributed by atoms with E-state index in [4.69, 9.17) is 0 Å². The second-order valence-electron chi connectivity index (χ2n) is 7.22. The highest BCUT2D eigenvalue weighted by Crippen LogP contribution is 2.29. The molecule has 6 nitrogen and oxygen atoms in total. The number of fused-ring (bicyclic) bond motifs is 1. The van der Waals surface area contributed by atoms with Crippen LogP contribution in [0.1, 0.15) is 0 Å². The molecule has 0 aliphatic carbocycles. The first-order valence-electron chi connectivity index (χ1n) is 8.85. The van der Waals surface area contributed by atoms with Crippen LogP contribution in [0.25, 0.3) is 22.0 Å². The summed E-state index contributed by atoms with van der Waals surface area (Å²) in [5, 5.41) is 1.05. The number of sulfonamides is 1. The van der Waals surface area contributed by atoms with Gasteiger partial charge in [0, 0.05) is 36.8 Å². The molecule has 0 N–H and O–H groups in total. The van der Waals surface area contributed by atoms with Crippen molar-refractivity contribution in [3.05, 3.63) is 60.8 Å². The monoisotopic (exact) mass is 416 g/mol. The fourth-order valence-electron chi connectivity index (χ4n) is 3.47. The van der Waals surface area contributed by atoms with Gasteiger partial charge in [0.25, 0.3) is 0 Å². The van der Waals surface area contributed by atoms with E-state index in [9.17, 15) is 16.8 Å². The van der Waals surface area contributed by atoms with E-state index in [1.165, 1.54) is 10.6 Å². The van der Waals surface area contributed by atoms with E-state index in [1.54, 1.807) is 30.5 Å². The Morgan fingerprint density at radius 1 is 0.964 bits per heavy atom. The number of aromatic nitrogens is 1. The zero-order valence-electron chi connectivity index (χ0n) is 15.3. The molecule has 1 aromatic heterocycles. The molecule has 0 amide bonds. The number of nitrogens with zero attached hydrogens (tertiary/aromatic N) is 2.